The van der Waals surface area contributed by atoms with E-state index in [2.05, 4.69) is 17.1 Å². The Morgan fingerprint density at radius 2 is 2.00 bits per heavy atom. The van der Waals surface area contributed by atoms with Crippen LogP contribution in [0, 0.1) is 19.7 Å². The molecule has 2 unspecified atom stereocenters. The van der Waals surface area contributed by atoms with Crippen LogP contribution in [0.2, 0.25) is 5.02 Å². The molecule has 36 heavy (non-hydrogen) atoms. The summed E-state index contributed by atoms with van der Waals surface area (Å²) in [6.45, 7) is 11.1. The number of aryl methyl sites for hydroxylation is 1. The van der Waals surface area contributed by atoms with Crippen molar-refractivity contribution >= 4 is 38.8 Å². The van der Waals surface area contributed by atoms with E-state index in [1.807, 2.05) is 20.8 Å². The summed E-state index contributed by atoms with van der Waals surface area (Å²) in [6.07, 6.45) is 0.446. The van der Waals surface area contributed by atoms with E-state index in [0.29, 0.717) is 29.1 Å². The van der Waals surface area contributed by atoms with Gasteiger partial charge < -0.3 is 4.90 Å². The van der Waals surface area contributed by atoms with Gasteiger partial charge in [0.15, 0.2) is 5.78 Å². The molecule has 7 nitrogen and oxygen atoms in total. The molecule has 0 spiro atoms. The Kier molecular flexibility index (Phi) is 7.02. The van der Waals surface area contributed by atoms with Crippen LogP contribution in [0.25, 0.3) is 0 Å². The smallest absolute Gasteiger partial charge is 0.248 e. The predicted molar refractivity (Wildman–Crippen MR) is 141 cm³/mol. The number of rotatable bonds is 6. The van der Waals surface area contributed by atoms with Crippen molar-refractivity contribution in [3.63, 3.8) is 0 Å². The zero-order valence-corrected chi connectivity index (χ0v) is 22.6. The molecule has 0 saturated carbocycles. The number of nitrogens with one attached hydrogen (secondary N) is 1. The van der Waals surface area contributed by atoms with E-state index in [4.69, 9.17) is 11.6 Å². The lowest BCUT2D eigenvalue weighted by atomic mass is 9.85. The standard InChI is InChI=1S/C26H30ClFN4O3S/c1-7-23(33)19-11-18(27)12-22-26(19)36(34,35)32(13-31(22)6)25(21-10-15(3)29-30-21)17(5)24-16(4)14(2)8-9-20(24)28/h8-9,11-12,17,25,29H,3,7,10,13H2,1-2,4-6H3. The third-order valence-electron chi connectivity index (χ3n) is 7.05. The number of benzene rings is 2. The number of hydrazone groups is 1. The highest BCUT2D eigenvalue weighted by atomic mass is 35.5. The second kappa shape index (κ2) is 9.61. The molecule has 2 aliphatic rings. The number of fused-ring (bicyclic) bond motifs is 1. The SMILES string of the molecule is C=C1CC(C(C(C)c2c(F)ccc(C)c2C)N2CN(C)c3cc(Cl)cc(C(=O)CC)c3S2(=O)=O)=NN1. The molecule has 2 aromatic rings. The fourth-order valence-electron chi connectivity index (χ4n) is 5.09. The molecule has 2 aliphatic heterocycles. The molecule has 0 radical (unpaired) electrons. The van der Waals surface area contributed by atoms with Gasteiger partial charge in [0, 0.05) is 42.1 Å². The fourth-order valence-corrected chi connectivity index (χ4v) is 7.40. The Labute approximate surface area is 216 Å². The number of anilines is 1. The highest BCUT2D eigenvalue weighted by Gasteiger charge is 2.46. The first-order chi connectivity index (χ1) is 16.9. The normalized spacial score (nSPS) is 18.9. The highest BCUT2D eigenvalue weighted by molar-refractivity contribution is 7.89. The first-order valence-corrected chi connectivity index (χ1v) is 13.6. The van der Waals surface area contributed by atoms with E-state index < -0.39 is 27.8 Å². The molecule has 0 amide bonds. The Morgan fingerprint density at radius 3 is 2.61 bits per heavy atom. The van der Waals surface area contributed by atoms with Crippen molar-refractivity contribution in [1.82, 2.24) is 9.73 Å². The number of ketones is 1. The van der Waals surface area contributed by atoms with Crippen molar-refractivity contribution in [2.24, 2.45) is 5.10 Å². The molecule has 0 fully saturated rings. The second-order valence-electron chi connectivity index (χ2n) is 9.44. The first-order valence-electron chi connectivity index (χ1n) is 11.7. The Hall–Kier alpha value is -2.75. The lowest BCUT2D eigenvalue weighted by Crippen LogP contribution is -2.54. The largest absolute Gasteiger partial charge is 0.359 e. The summed E-state index contributed by atoms with van der Waals surface area (Å²) in [5, 5.41) is 4.67. The number of hydrogen-bond acceptors (Lipinski definition) is 6. The maximum absolute atomic E-state index is 15.2. The summed E-state index contributed by atoms with van der Waals surface area (Å²) in [7, 11) is -2.47. The van der Waals surface area contributed by atoms with Crippen LogP contribution in [0.1, 0.15) is 59.7 Å². The molecule has 2 heterocycles. The summed E-state index contributed by atoms with van der Waals surface area (Å²) in [6, 6.07) is 5.25. The van der Waals surface area contributed by atoms with E-state index in [1.165, 1.54) is 16.4 Å². The summed E-state index contributed by atoms with van der Waals surface area (Å²) < 4.78 is 45.1. The minimum absolute atomic E-state index is 0.0254. The van der Waals surface area contributed by atoms with Crippen LogP contribution in [0.5, 0.6) is 0 Å². The molecule has 2 atom stereocenters. The van der Waals surface area contributed by atoms with Crippen molar-refractivity contribution in [2.45, 2.75) is 57.4 Å². The molecular formula is C26H30ClFN4O3S. The van der Waals surface area contributed by atoms with E-state index in [9.17, 15) is 13.2 Å². The first kappa shape index (κ1) is 26.3. The Balaban J connectivity index is 1.95. The predicted octanol–water partition coefficient (Wildman–Crippen LogP) is 5.12. The van der Waals surface area contributed by atoms with Crippen LogP contribution in [0.4, 0.5) is 10.1 Å². The molecule has 0 saturated heterocycles. The molecule has 0 aromatic heterocycles. The topological polar surface area (TPSA) is 82.1 Å². The van der Waals surface area contributed by atoms with E-state index in [-0.39, 0.29) is 34.4 Å². The number of carbonyl (C=O) groups is 1. The molecule has 4 rings (SSSR count). The van der Waals surface area contributed by atoms with Gasteiger partial charge in [-0.25, -0.2) is 12.8 Å². The minimum atomic E-state index is -4.21. The third-order valence-corrected chi connectivity index (χ3v) is 9.17. The van der Waals surface area contributed by atoms with Crippen molar-refractivity contribution in [3.8, 4) is 0 Å². The van der Waals surface area contributed by atoms with E-state index in [1.54, 1.807) is 31.0 Å². The van der Waals surface area contributed by atoms with Gasteiger partial charge >= 0.3 is 0 Å². The van der Waals surface area contributed by atoms with Gasteiger partial charge in [-0.2, -0.15) is 9.41 Å². The third kappa shape index (κ3) is 4.33. The van der Waals surface area contributed by atoms with Crippen molar-refractivity contribution in [3.05, 3.63) is 69.6 Å². The summed E-state index contributed by atoms with van der Waals surface area (Å²) >= 11 is 6.27. The van der Waals surface area contributed by atoms with Crippen LogP contribution in [0.15, 0.2) is 46.5 Å². The van der Waals surface area contributed by atoms with E-state index >= 15 is 4.39 Å². The number of halogens is 2. The van der Waals surface area contributed by atoms with E-state index in [0.717, 1.165) is 11.1 Å². The molecule has 192 valence electrons. The monoisotopic (exact) mass is 532 g/mol. The van der Waals surface area contributed by atoms with Gasteiger partial charge in [-0.15, -0.1) is 0 Å². The fraction of sp³-hybridized carbons (Fsp3) is 0.385. The number of nitrogens with zero attached hydrogens (tertiary/aromatic N) is 3. The van der Waals surface area contributed by atoms with Crippen LogP contribution in [0.3, 0.4) is 0 Å². The van der Waals surface area contributed by atoms with Crippen LogP contribution in [-0.4, -0.2) is 44.0 Å². The lowest BCUT2D eigenvalue weighted by molar-refractivity contribution is 0.0984. The van der Waals surface area contributed by atoms with Gasteiger partial charge in [-0.1, -0.05) is 38.1 Å². The number of allylic oxidation sites excluding steroid dienone is 1. The Bertz CT molecular complexity index is 1410. The molecular weight excluding hydrogens is 503 g/mol. The molecule has 0 aliphatic carbocycles. The molecule has 2 aromatic carbocycles. The zero-order chi connectivity index (χ0) is 26.5. The number of Topliss-reactive ketones (excluding diaryl/α,β-unsaturated/α-hetero) is 1. The Morgan fingerprint density at radius 1 is 1.31 bits per heavy atom. The van der Waals surface area contributed by atoms with Gasteiger partial charge in [0.1, 0.15) is 10.7 Å². The number of hydrogen-bond donors (Lipinski definition) is 1. The number of sulfonamides is 1. The highest BCUT2D eigenvalue weighted by Crippen LogP contribution is 2.42. The quantitative estimate of drug-likeness (QED) is 0.522. The average molecular weight is 533 g/mol. The van der Waals surface area contributed by atoms with Gasteiger partial charge in [-0.3, -0.25) is 10.2 Å². The molecule has 10 heteroatoms. The van der Waals surface area contributed by atoms with Crippen LogP contribution < -0.4 is 10.3 Å². The minimum Gasteiger partial charge on any atom is -0.359 e. The zero-order valence-electron chi connectivity index (χ0n) is 21.0. The molecule has 1 N–H and O–H groups in total. The van der Waals surface area contributed by atoms with Crippen LogP contribution >= 0.6 is 11.6 Å². The molecule has 0 bridgehead atoms. The summed E-state index contributed by atoms with van der Waals surface area (Å²) in [5.74, 6) is -1.32. The van der Waals surface area contributed by atoms with Crippen molar-refractivity contribution in [2.75, 3.05) is 18.6 Å². The number of carbonyl (C=O) groups excluding carboxylic acids is 1. The van der Waals surface area contributed by atoms with Gasteiger partial charge in [0.25, 0.3) is 0 Å². The van der Waals surface area contributed by atoms with Gasteiger partial charge in [-0.05, 0) is 48.7 Å². The maximum atomic E-state index is 15.2. The maximum Gasteiger partial charge on any atom is 0.248 e. The lowest BCUT2D eigenvalue weighted by Gasteiger charge is -2.42. The second-order valence-corrected chi connectivity index (χ2v) is 11.7. The van der Waals surface area contributed by atoms with Crippen molar-refractivity contribution in [1.29, 1.82) is 0 Å². The van der Waals surface area contributed by atoms with Crippen molar-refractivity contribution < 1.29 is 17.6 Å². The van der Waals surface area contributed by atoms with Gasteiger partial charge in [0.05, 0.1) is 24.1 Å². The summed E-state index contributed by atoms with van der Waals surface area (Å²) in [5.41, 5.74) is 6.50. The summed E-state index contributed by atoms with van der Waals surface area (Å²) in [4.78, 5) is 14.5. The van der Waals surface area contributed by atoms with Crippen LogP contribution in [-0.2, 0) is 10.0 Å². The average Bonchev–Trinajstić information content (AvgIpc) is 3.24. The van der Waals surface area contributed by atoms with Gasteiger partial charge in [0.2, 0.25) is 10.0 Å².